The fraction of sp³-hybridized carbons (Fsp3) is 0.357. The molecule has 0 radical (unpaired) electrons. The topological polar surface area (TPSA) is 55.9 Å². The van der Waals surface area contributed by atoms with Crippen molar-refractivity contribution in [3.8, 4) is 0 Å². The molecule has 0 spiro atoms. The zero-order valence-corrected chi connectivity index (χ0v) is 11.4. The van der Waals surface area contributed by atoms with Crippen LogP contribution in [-0.4, -0.2) is 9.78 Å². The van der Waals surface area contributed by atoms with Crippen LogP contribution < -0.4 is 11.3 Å². The number of rotatable bonds is 4. The zero-order chi connectivity index (χ0) is 14.0. The molecule has 0 aliphatic rings. The molecule has 1 aromatic carbocycles. The van der Waals surface area contributed by atoms with Gasteiger partial charge in [0.05, 0.1) is 11.7 Å². The van der Waals surface area contributed by atoms with Gasteiger partial charge in [0, 0.05) is 18.7 Å². The summed E-state index contributed by atoms with van der Waals surface area (Å²) in [6, 6.07) is 8.31. The first-order chi connectivity index (χ1) is 8.96. The average Bonchev–Trinajstić information content (AvgIpc) is 2.77. The number of hydrogen-bond donors (Lipinski definition) is 2. The second kappa shape index (κ2) is 5.11. The van der Waals surface area contributed by atoms with E-state index in [2.05, 4.69) is 24.4 Å². The largest absolute Gasteiger partial charge is 0.271 e. The minimum absolute atomic E-state index is 0.120. The summed E-state index contributed by atoms with van der Waals surface area (Å²) in [6.45, 7) is 4.13. The van der Waals surface area contributed by atoms with Crippen LogP contribution in [0, 0.1) is 5.82 Å². The number of aromatic nitrogens is 2. The molecule has 0 aliphatic heterocycles. The fourth-order valence-corrected chi connectivity index (χ4v) is 2.38. The Balaban J connectivity index is 2.41. The van der Waals surface area contributed by atoms with Crippen LogP contribution in [0.25, 0.3) is 0 Å². The summed E-state index contributed by atoms with van der Waals surface area (Å²) in [6.07, 6.45) is 1.74. The molecule has 1 aromatic heterocycles. The molecule has 0 bridgehead atoms. The zero-order valence-electron chi connectivity index (χ0n) is 11.4. The summed E-state index contributed by atoms with van der Waals surface area (Å²) in [5.74, 6) is 5.48. The molecule has 3 N–H and O–H groups in total. The Labute approximate surface area is 112 Å². The predicted molar refractivity (Wildman–Crippen MR) is 72.7 cm³/mol. The molecule has 0 saturated heterocycles. The molecule has 19 heavy (non-hydrogen) atoms. The van der Waals surface area contributed by atoms with Gasteiger partial charge in [0.15, 0.2) is 0 Å². The van der Waals surface area contributed by atoms with E-state index in [0.29, 0.717) is 0 Å². The second-order valence-corrected chi connectivity index (χ2v) is 5.21. The van der Waals surface area contributed by atoms with E-state index in [1.165, 1.54) is 12.1 Å². The molecular weight excluding hydrogens is 243 g/mol. The lowest BCUT2D eigenvalue weighted by atomic mass is 9.76. The summed E-state index contributed by atoms with van der Waals surface area (Å²) < 4.78 is 14.8. The van der Waals surface area contributed by atoms with E-state index in [9.17, 15) is 4.39 Å². The van der Waals surface area contributed by atoms with E-state index in [1.54, 1.807) is 23.0 Å². The first-order valence-corrected chi connectivity index (χ1v) is 6.17. The molecule has 2 aromatic rings. The number of hydrazine groups is 1. The van der Waals surface area contributed by atoms with Gasteiger partial charge in [-0.1, -0.05) is 26.0 Å². The summed E-state index contributed by atoms with van der Waals surface area (Å²) >= 11 is 0. The SMILES string of the molecule is Cn1nccc1C(NN)C(C)(C)c1ccc(F)cc1. The standard InChI is InChI=1S/C14H19FN4/c1-14(2,10-4-6-11(15)7-5-10)13(18-16)12-8-9-17-19(12)3/h4-9,13,18H,16H2,1-3H3. The van der Waals surface area contributed by atoms with E-state index in [1.807, 2.05) is 13.1 Å². The Hall–Kier alpha value is -1.72. The van der Waals surface area contributed by atoms with E-state index < -0.39 is 0 Å². The van der Waals surface area contributed by atoms with Crippen molar-refractivity contribution in [2.75, 3.05) is 0 Å². The van der Waals surface area contributed by atoms with Crippen molar-refractivity contribution in [2.45, 2.75) is 25.3 Å². The van der Waals surface area contributed by atoms with E-state index in [-0.39, 0.29) is 17.3 Å². The Morgan fingerprint density at radius 1 is 1.26 bits per heavy atom. The highest BCUT2D eigenvalue weighted by atomic mass is 19.1. The molecule has 4 nitrogen and oxygen atoms in total. The number of nitrogens with zero attached hydrogens (tertiary/aromatic N) is 2. The lowest BCUT2D eigenvalue weighted by molar-refractivity contribution is 0.336. The van der Waals surface area contributed by atoms with E-state index in [4.69, 9.17) is 5.84 Å². The van der Waals surface area contributed by atoms with Crippen molar-refractivity contribution in [3.05, 3.63) is 53.6 Å². The van der Waals surface area contributed by atoms with Crippen LogP contribution in [-0.2, 0) is 12.5 Å². The van der Waals surface area contributed by atoms with Crippen molar-refractivity contribution >= 4 is 0 Å². The predicted octanol–water partition coefficient (Wildman–Crippen LogP) is 2.04. The first-order valence-electron chi connectivity index (χ1n) is 6.17. The molecule has 0 aliphatic carbocycles. The number of nitrogens with one attached hydrogen (secondary N) is 1. The van der Waals surface area contributed by atoms with Crippen LogP contribution >= 0.6 is 0 Å². The van der Waals surface area contributed by atoms with Gasteiger partial charge in [0.1, 0.15) is 5.82 Å². The molecule has 1 atom stereocenters. The Bertz CT molecular complexity index is 545. The van der Waals surface area contributed by atoms with Crippen LogP contribution in [0.1, 0.15) is 31.1 Å². The number of benzene rings is 1. The summed E-state index contributed by atoms with van der Waals surface area (Å²) in [5, 5.41) is 4.17. The number of hydrogen-bond acceptors (Lipinski definition) is 3. The highest BCUT2D eigenvalue weighted by Crippen LogP contribution is 2.36. The smallest absolute Gasteiger partial charge is 0.123 e. The minimum atomic E-state index is -0.295. The summed E-state index contributed by atoms with van der Waals surface area (Å²) in [7, 11) is 1.88. The number of halogens is 1. The Morgan fingerprint density at radius 3 is 2.37 bits per heavy atom. The van der Waals surface area contributed by atoms with Crippen LogP contribution in [0.3, 0.4) is 0 Å². The van der Waals surface area contributed by atoms with Gasteiger partial charge in [-0.15, -0.1) is 0 Å². The van der Waals surface area contributed by atoms with Crippen LogP contribution in [0.4, 0.5) is 4.39 Å². The molecule has 0 amide bonds. The monoisotopic (exact) mass is 262 g/mol. The molecular formula is C14H19FN4. The lowest BCUT2D eigenvalue weighted by Crippen LogP contribution is -2.42. The highest BCUT2D eigenvalue weighted by molar-refractivity contribution is 5.29. The van der Waals surface area contributed by atoms with Gasteiger partial charge in [0.25, 0.3) is 0 Å². The number of aryl methyl sites for hydroxylation is 1. The molecule has 5 heteroatoms. The number of nitrogens with two attached hydrogens (primary N) is 1. The molecule has 0 fully saturated rings. The maximum Gasteiger partial charge on any atom is 0.123 e. The van der Waals surface area contributed by atoms with E-state index in [0.717, 1.165) is 11.3 Å². The van der Waals surface area contributed by atoms with Crippen molar-refractivity contribution in [1.82, 2.24) is 15.2 Å². The maximum absolute atomic E-state index is 13.0. The lowest BCUT2D eigenvalue weighted by Gasteiger charge is -2.34. The minimum Gasteiger partial charge on any atom is -0.271 e. The third-order valence-corrected chi connectivity index (χ3v) is 3.63. The van der Waals surface area contributed by atoms with Crippen molar-refractivity contribution < 1.29 is 4.39 Å². The molecule has 2 rings (SSSR count). The van der Waals surface area contributed by atoms with Crippen LogP contribution in [0.15, 0.2) is 36.5 Å². The third kappa shape index (κ3) is 2.52. The normalized spacial score (nSPS) is 13.5. The second-order valence-electron chi connectivity index (χ2n) is 5.21. The van der Waals surface area contributed by atoms with Crippen molar-refractivity contribution in [1.29, 1.82) is 0 Å². The molecule has 102 valence electrons. The summed E-state index contributed by atoms with van der Waals surface area (Å²) in [5.41, 5.74) is 4.54. The quantitative estimate of drug-likeness (QED) is 0.655. The molecule has 1 heterocycles. The fourth-order valence-electron chi connectivity index (χ4n) is 2.38. The van der Waals surface area contributed by atoms with Crippen LogP contribution in [0.2, 0.25) is 0 Å². The Kier molecular flexibility index (Phi) is 3.68. The van der Waals surface area contributed by atoms with Gasteiger partial charge in [-0.3, -0.25) is 16.0 Å². The highest BCUT2D eigenvalue weighted by Gasteiger charge is 2.33. The summed E-state index contributed by atoms with van der Waals surface area (Å²) in [4.78, 5) is 0. The van der Waals surface area contributed by atoms with Gasteiger partial charge in [0.2, 0.25) is 0 Å². The van der Waals surface area contributed by atoms with Gasteiger partial charge < -0.3 is 0 Å². The Morgan fingerprint density at radius 2 is 1.89 bits per heavy atom. The van der Waals surface area contributed by atoms with Gasteiger partial charge in [-0.25, -0.2) is 4.39 Å². The average molecular weight is 262 g/mol. The first kappa shape index (κ1) is 13.7. The van der Waals surface area contributed by atoms with Crippen molar-refractivity contribution in [3.63, 3.8) is 0 Å². The van der Waals surface area contributed by atoms with Crippen molar-refractivity contribution in [2.24, 2.45) is 12.9 Å². The molecule has 1 unspecified atom stereocenters. The molecule has 0 saturated carbocycles. The maximum atomic E-state index is 13.0. The van der Waals surface area contributed by atoms with Gasteiger partial charge >= 0.3 is 0 Å². The van der Waals surface area contributed by atoms with Crippen LogP contribution in [0.5, 0.6) is 0 Å². The van der Waals surface area contributed by atoms with E-state index >= 15 is 0 Å². The van der Waals surface area contributed by atoms with Gasteiger partial charge in [-0.2, -0.15) is 5.10 Å². The third-order valence-electron chi connectivity index (χ3n) is 3.63. The van der Waals surface area contributed by atoms with Gasteiger partial charge in [-0.05, 0) is 23.8 Å².